The molecule has 5 nitrogen and oxygen atoms in total. The molecule has 1 aliphatic rings. The van der Waals surface area contributed by atoms with Crippen LogP contribution in [0.4, 0.5) is 0 Å². The second-order valence-corrected chi connectivity index (χ2v) is 5.84. The molecule has 2 aromatic rings. The Morgan fingerprint density at radius 1 is 1.32 bits per heavy atom. The summed E-state index contributed by atoms with van der Waals surface area (Å²) >= 11 is 0. The zero-order chi connectivity index (χ0) is 15.5. The van der Waals surface area contributed by atoms with Gasteiger partial charge >= 0.3 is 0 Å². The standard InChI is InChI=1S/C17H23N3O2/c1-21-11-13-9-12(3-6-16(13)22-2)17-19-7-8-20(17)15-5-4-14(18)10-15/h3,6-9,14-15H,4-5,10-11,18H2,1-2H3/t14-,15-/m1/s1. The van der Waals surface area contributed by atoms with Crippen LogP contribution in [0.3, 0.4) is 0 Å². The third kappa shape index (κ3) is 2.87. The predicted octanol–water partition coefficient (Wildman–Crippen LogP) is 2.76. The first-order valence-corrected chi connectivity index (χ1v) is 7.67. The number of benzene rings is 1. The number of imidazole rings is 1. The van der Waals surface area contributed by atoms with Crippen molar-refractivity contribution in [2.24, 2.45) is 5.73 Å². The van der Waals surface area contributed by atoms with Gasteiger partial charge in [0.15, 0.2) is 0 Å². The van der Waals surface area contributed by atoms with Gasteiger partial charge in [-0.3, -0.25) is 0 Å². The van der Waals surface area contributed by atoms with E-state index in [2.05, 4.69) is 21.8 Å². The number of nitrogens with two attached hydrogens (primary N) is 1. The minimum atomic E-state index is 0.306. The van der Waals surface area contributed by atoms with Gasteiger partial charge in [-0.15, -0.1) is 0 Å². The molecule has 3 rings (SSSR count). The van der Waals surface area contributed by atoms with E-state index in [4.69, 9.17) is 15.2 Å². The van der Waals surface area contributed by atoms with Crippen LogP contribution in [-0.4, -0.2) is 29.8 Å². The Morgan fingerprint density at radius 2 is 2.18 bits per heavy atom. The summed E-state index contributed by atoms with van der Waals surface area (Å²) in [4.78, 5) is 4.55. The molecule has 1 aliphatic carbocycles. The molecular weight excluding hydrogens is 278 g/mol. The molecule has 2 atom stereocenters. The highest BCUT2D eigenvalue weighted by Crippen LogP contribution is 2.33. The van der Waals surface area contributed by atoms with E-state index in [1.165, 1.54) is 0 Å². The topological polar surface area (TPSA) is 62.3 Å². The molecule has 1 aromatic carbocycles. The fourth-order valence-corrected chi connectivity index (χ4v) is 3.26. The monoisotopic (exact) mass is 301 g/mol. The van der Waals surface area contributed by atoms with E-state index >= 15 is 0 Å². The lowest BCUT2D eigenvalue weighted by atomic mass is 10.1. The summed E-state index contributed by atoms with van der Waals surface area (Å²) in [5.41, 5.74) is 8.16. The van der Waals surface area contributed by atoms with Crippen LogP contribution >= 0.6 is 0 Å². The van der Waals surface area contributed by atoms with Gasteiger partial charge in [0.2, 0.25) is 0 Å². The third-order valence-electron chi connectivity index (χ3n) is 4.35. The molecule has 1 saturated carbocycles. The summed E-state index contributed by atoms with van der Waals surface area (Å²) in [7, 11) is 3.36. The second-order valence-electron chi connectivity index (χ2n) is 5.84. The molecule has 2 N–H and O–H groups in total. The minimum absolute atomic E-state index is 0.306. The van der Waals surface area contributed by atoms with Crippen LogP contribution in [0.2, 0.25) is 0 Å². The van der Waals surface area contributed by atoms with Gasteiger partial charge in [-0.25, -0.2) is 4.98 Å². The van der Waals surface area contributed by atoms with E-state index in [1.807, 2.05) is 18.3 Å². The predicted molar refractivity (Wildman–Crippen MR) is 85.8 cm³/mol. The van der Waals surface area contributed by atoms with Crippen LogP contribution in [0, 0.1) is 0 Å². The van der Waals surface area contributed by atoms with Gasteiger partial charge in [-0.1, -0.05) is 0 Å². The maximum Gasteiger partial charge on any atom is 0.140 e. The molecule has 0 saturated heterocycles. The maximum atomic E-state index is 6.05. The molecule has 0 radical (unpaired) electrons. The molecule has 0 spiro atoms. The highest BCUT2D eigenvalue weighted by atomic mass is 16.5. The first-order chi connectivity index (χ1) is 10.7. The summed E-state index contributed by atoms with van der Waals surface area (Å²) < 4.78 is 12.9. The third-order valence-corrected chi connectivity index (χ3v) is 4.35. The number of aromatic nitrogens is 2. The molecule has 1 aromatic heterocycles. The number of ether oxygens (including phenoxy) is 2. The average molecular weight is 301 g/mol. The fraction of sp³-hybridized carbons (Fsp3) is 0.471. The lowest BCUT2D eigenvalue weighted by Gasteiger charge is -2.16. The average Bonchev–Trinajstić information content (AvgIpc) is 3.16. The minimum Gasteiger partial charge on any atom is -0.496 e. The van der Waals surface area contributed by atoms with Crippen molar-refractivity contribution in [3.8, 4) is 17.1 Å². The number of nitrogens with zero attached hydrogens (tertiary/aromatic N) is 2. The molecule has 0 amide bonds. The summed E-state index contributed by atoms with van der Waals surface area (Å²) in [6, 6.07) is 6.87. The van der Waals surface area contributed by atoms with Crippen LogP contribution in [0.15, 0.2) is 30.6 Å². The lowest BCUT2D eigenvalue weighted by molar-refractivity contribution is 0.181. The van der Waals surface area contributed by atoms with Gasteiger partial charge in [0.05, 0.1) is 13.7 Å². The van der Waals surface area contributed by atoms with Crippen LogP contribution in [0.1, 0.15) is 30.9 Å². The van der Waals surface area contributed by atoms with Gasteiger partial charge in [0.25, 0.3) is 0 Å². The molecule has 0 aliphatic heterocycles. The summed E-state index contributed by atoms with van der Waals surface area (Å²) in [5.74, 6) is 1.82. The zero-order valence-electron chi connectivity index (χ0n) is 13.2. The zero-order valence-corrected chi connectivity index (χ0v) is 13.2. The molecule has 1 fully saturated rings. The Hall–Kier alpha value is -1.85. The largest absolute Gasteiger partial charge is 0.496 e. The summed E-state index contributed by atoms with van der Waals surface area (Å²) in [5, 5.41) is 0. The van der Waals surface area contributed by atoms with Crippen molar-refractivity contribution in [2.75, 3.05) is 14.2 Å². The summed E-state index contributed by atoms with van der Waals surface area (Å²) in [6.45, 7) is 0.520. The normalized spacial score (nSPS) is 21.2. The molecular formula is C17H23N3O2. The van der Waals surface area contributed by atoms with Crippen molar-refractivity contribution in [3.05, 3.63) is 36.2 Å². The molecule has 1 heterocycles. The first kappa shape index (κ1) is 15.1. The second kappa shape index (κ2) is 6.50. The van der Waals surface area contributed by atoms with Gasteiger partial charge in [-0.2, -0.15) is 0 Å². The van der Waals surface area contributed by atoms with Gasteiger partial charge in [0, 0.05) is 42.7 Å². The van der Waals surface area contributed by atoms with Crippen molar-refractivity contribution >= 4 is 0 Å². The first-order valence-electron chi connectivity index (χ1n) is 7.67. The highest BCUT2D eigenvalue weighted by molar-refractivity contribution is 5.59. The van der Waals surface area contributed by atoms with Crippen molar-refractivity contribution in [1.29, 1.82) is 0 Å². The lowest BCUT2D eigenvalue weighted by Crippen LogP contribution is -2.16. The number of hydrogen-bond acceptors (Lipinski definition) is 4. The smallest absolute Gasteiger partial charge is 0.140 e. The Morgan fingerprint density at radius 3 is 2.86 bits per heavy atom. The molecule has 118 valence electrons. The Bertz CT molecular complexity index is 639. The molecule has 22 heavy (non-hydrogen) atoms. The molecule has 0 bridgehead atoms. The van der Waals surface area contributed by atoms with Crippen molar-refractivity contribution in [1.82, 2.24) is 9.55 Å². The quantitative estimate of drug-likeness (QED) is 0.922. The Kier molecular flexibility index (Phi) is 4.45. The van der Waals surface area contributed by atoms with Gasteiger partial charge < -0.3 is 19.8 Å². The number of methoxy groups -OCH3 is 2. The number of rotatable bonds is 5. The Labute approximate surface area is 131 Å². The molecule has 5 heteroatoms. The van der Waals surface area contributed by atoms with E-state index in [0.29, 0.717) is 18.7 Å². The molecule has 0 unspecified atom stereocenters. The van der Waals surface area contributed by atoms with Gasteiger partial charge in [-0.05, 0) is 37.5 Å². The summed E-state index contributed by atoms with van der Waals surface area (Å²) in [6.07, 6.45) is 7.13. The Balaban J connectivity index is 1.94. The van der Waals surface area contributed by atoms with Crippen molar-refractivity contribution in [3.63, 3.8) is 0 Å². The number of hydrogen-bond donors (Lipinski definition) is 1. The van der Waals surface area contributed by atoms with Crippen molar-refractivity contribution < 1.29 is 9.47 Å². The van der Waals surface area contributed by atoms with Crippen LogP contribution in [0.5, 0.6) is 5.75 Å². The van der Waals surface area contributed by atoms with Crippen molar-refractivity contribution in [2.45, 2.75) is 38.0 Å². The van der Waals surface area contributed by atoms with Gasteiger partial charge in [0.1, 0.15) is 11.6 Å². The fourth-order valence-electron chi connectivity index (χ4n) is 3.26. The van der Waals surface area contributed by atoms with Crippen LogP contribution < -0.4 is 10.5 Å². The maximum absolute atomic E-state index is 6.05. The van der Waals surface area contributed by atoms with Crippen LogP contribution in [0.25, 0.3) is 11.4 Å². The van der Waals surface area contributed by atoms with E-state index in [-0.39, 0.29) is 0 Å². The van der Waals surface area contributed by atoms with E-state index in [9.17, 15) is 0 Å². The SMILES string of the molecule is COCc1cc(-c2nccn2[C@@H]2CC[C@@H](N)C2)ccc1OC. The van der Waals surface area contributed by atoms with Crippen LogP contribution in [-0.2, 0) is 11.3 Å². The van der Waals surface area contributed by atoms with E-state index in [0.717, 1.165) is 42.0 Å². The van der Waals surface area contributed by atoms with E-state index in [1.54, 1.807) is 14.2 Å². The highest BCUT2D eigenvalue weighted by Gasteiger charge is 2.25. The van der Waals surface area contributed by atoms with E-state index < -0.39 is 0 Å².